The number of benzene rings is 1. The van der Waals surface area contributed by atoms with Crippen molar-refractivity contribution in [1.82, 2.24) is 15.0 Å². The van der Waals surface area contributed by atoms with Crippen LogP contribution in [0.15, 0.2) is 55.5 Å². The molecule has 0 radical (unpaired) electrons. The zero-order chi connectivity index (χ0) is 20.8. The molecule has 0 fully saturated rings. The fourth-order valence-corrected chi connectivity index (χ4v) is 3.07. The second-order valence-corrected chi connectivity index (χ2v) is 6.99. The molecule has 2 amide bonds. The molecule has 2 heterocycles. The topological polar surface area (TPSA) is 121 Å². The third kappa shape index (κ3) is 4.88. The summed E-state index contributed by atoms with van der Waals surface area (Å²) in [6, 6.07) is 9.34. The van der Waals surface area contributed by atoms with Crippen LogP contribution in [0.5, 0.6) is 0 Å². The van der Waals surface area contributed by atoms with Gasteiger partial charge in [0, 0.05) is 5.56 Å². The molecule has 0 saturated heterocycles. The first-order valence-corrected chi connectivity index (χ1v) is 9.34. The number of amides is 2. The van der Waals surface area contributed by atoms with Crippen molar-refractivity contribution in [3.8, 4) is 17.3 Å². The average Bonchev–Trinajstić information content (AvgIpc) is 3.21. The van der Waals surface area contributed by atoms with Gasteiger partial charge in [-0.2, -0.15) is 5.26 Å². The number of nitrogens with zero attached hydrogens (tertiary/aromatic N) is 4. The van der Waals surface area contributed by atoms with Gasteiger partial charge in [-0.3, -0.25) is 14.6 Å². The van der Waals surface area contributed by atoms with Gasteiger partial charge in [0.15, 0.2) is 10.9 Å². The highest BCUT2D eigenvalue weighted by Gasteiger charge is 2.18. The second-order valence-electron chi connectivity index (χ2n) is 5.96. The molecule has 0 unspecified atom stereocenters. The van der Waals surface area contributed by atoms with Gasteiger partial charge in [-0.1, -0.05) is 36.1 Å². The highest BCUT2D eigenvalue weighted by atomic mass is 32.1. The van der Waals surface area contributed by atoms with Crippen molar-refractivity contribution >= 4 is 34.1 Å². The monoisotopic (exact) mass is 404 g/mol. The molecule has 1 aromatic carbocycles. The SMILES string of the molecule is C=CC(=O)Nc1cncc(-c2cccc([C@H](C)C(=O)Nc3ncc(C#N)s3)c2)n1. The lowest BCUT2D eigenvalue weighted by Gasteiger charge is -2.12. The van der Waals surface area contributed by atoms with Crippen LogP contribution in [-0.2, 0) is 9.59 Å². The highest BCUT2D eigenvalue weighted by Crippen LogP contribution is 2.25. The molecule has 144 valence electrons. The van der Waals surface area contributed by atoms with Crippen molar-refractivity contribution < 1.29 is 9.59 Å². The fourth-order valence-electron chi connectivity index (χ4n) is 2.46. The van der Waals surface area contributed by atoms with E-state index in [2.05, 4.69) is 32.2 Å². The van der Waals surface area contributed by atoms with E-state index in [1.807, 2.05) is 30.3 Å². The lowest BCUT2D eigenvalue weighted by molar-refractivity contribution is -0.117. The number of carbonyl (C=O) groups is 2. The molecular weight excluding hydrogens is 388 g/mol. The molecule has 2 N–H and O–H groups in total. The van der Waals surface area contributed by atoms with Crippen LogP contribution in [0.1, 0.15) is 23.3 Å². The zero-order valence-electron chi connectivity index (χ0n) is 15.4. The van der Waals surface area contributed by atoms with Crippen LogP contribution in [0, 0.1) is 11.3 Å². The van der Waals surface area contributed by atoms with E-state index in [1.165, 1.54) is 12.4 Å². The van der Waals surface area contributed by atoms with Gasteiger partial charge >= 0.3 is 0 Å². The maximum absolute atomic E-state index is 12.6. The van der Waals surface area contributed by atoms with Crippen molar-refractivity contribution in [3.05, 3.63) is 66.0 Å². The molecule has 8 nitrogen and oxygen atoms in total. The Bertz CT molecular complexity index is 1120. The lowest BCUT2D eigenvalue weighted by Crippen LogP contribution is -2.18. The van der Waals surface area contributed by atoms with Gasteiger partial charge < -0.3 is 10.6 Å². The van der Waals surface area contributed by atoms with Gasteiger partial charge in [0.05, 0.1) is 30.2 Å². The molecular formula is C20H16N6O2S. The Balaban J connectivity index is 1.79. The third-order valence-corrected chi connectivity index (χ3v) is 4.81. The molecule has 0 saturated carbocycles. The smallest absolute Gasteiger partial charge is 0.248 e. The van der Waals surface area contributed by atoms with E-state index in [0.29, 0.717) is 21.5 Å². The summed E-state index contributed by atoms with van der Waals surface area (Å²) < 4.78 is 0. The lowest BCUT2D eigenvalue weighted by atomic mass is 9.97. The van der Waals surface area contributed by atoms with Crippen LogP contribution in [0.4, 0.5) is 10.9 Å². The first-order valence-electron chi connectivity index (χ1n) is 8.52. The Hall–Kier alpha value is -3.90. The molecule has 2 aromatic heterocycles. The van der Waals surface area contributed by atoms with E-state index in [0.717, 1.165) is 28.5 Å². The van der Waals surface area contributed by atoms with Gasteiger partial charge in [0.25, 0.3) is 0 Å². The predicted molar refractivity (Wildman–Crippen MR) is 110 cm³/mol. The first-order chi connectivity index (χ1) is 14.0. The first kappa shape index (κ1) is 19.9. The summed E-state index contributed by atoms with van der Waals surface area (Å²) in [5.74, 6) is -0.766. The van der Waals surface area contributed by atoms with Crippen molar-refractivity contribution in [2.45, 2.75) is 12.8 Å². The Morgan fingerprint density at radius 1 is 1.28 bits per heavy atom. The second kappa shape index (κ2) is 8.86. The molecule has 1 atom stereocenters. The van der Waals surface area contributed by atoms with Crippen molar-refractivity contribution in [2.24, 2.45) is 0 Å². The number of nitriles is 1. The molecule has 0 aliphatic carbocycles. The van der Waals surface area contributed by atoms with Crippen LogP contribution < -0.4 is 10.6 Å². The zero-order valence-corrected chi connectivity index (χ0v) is 16.2. The minimum absolute atomic E-state index is 0.237. The Kier molecular flexibility index (Phi) is 6.06. The molecule has 0 bridgehead atoms. The molecule has 0 aliphatic heterocycles. The number of carbonyl (C=O) groups excluding carboxylic acids is 2. The number of aromatic nitrogens is 3. The number of thiazole rings is 1. The highest BCUT2D eigenvalue weighted by molar-refractivity contribution is 7.16. The van der Waals surface area contributed by atoms with Gasteiger partial charge in [-0.05, 0) is 24.6 Å². The minimum Gasteiger partial charge on any atom is -0.306 e. The van der Waals surface area contributed by atoms with E-state index < -0.39 is 5.92 Å². The summed E-state index contributed by atoms with van der Waals surface area (Å²) >= 11 is 1.12. The molecule has 9 heteroatoms. The minimum atomic E-state index is -0.457. The molecule has 3 rings (SSSR count). The standard InChI is InChI=1S/C20H16N6O2S/c1-3-18(27)25-17-11-22-10-16(24-17)14-6-4-5-13(7-14)12(2)19(28)26-20-23-9-15(8-21)29-20/h3-7,9-12H,1H2,2H3,(H,23,26,28)(H,24,25,27)/t12-/m0/s1. The van der Waals surface area contributed by atoms with Crippen LogP contribution in [0.3, 0.4) is 0 Å². The largest absolute Gasteiger partial charge is 0.306 e. The van der Waals surface area contributed by atoms with Crippen LogP contribution in [0.2, 0.25) is 0 Å². The van der Waals surface area contributed by atoms with Gasteiger partial charge in [0.2, 0.25) is 11.8 Å². The van der Waals surface area contributed by atoms with Gasteiger partial charge in [-0.15, -0.1) is 0 Å². The summed E-state index contributed by atoms with van der Waals surface area (Å²) in [6.07, 6.45) is 5.58. The maximum atomic E-state index is 12.6. The van der Waals surface area contributed by atoms with E-state index in [-0.39, 0.29) is 11.8 Å². The predicted octanol–water partition coefficient (Wildman–Crippen LogP) is 3.34. The molecule has 29 heavy (non-hydrogen) atoms. The molecule has 3 aromatic rings. The van der Waals surface area contributed by atoms with Crippen LogP contribution in [-0.4, -0.2) is 26.8 Å². The summed E-state index contributed by atoms with van der Waals surface area (Å²) in [7, 11) is 0. The number of nitrogens with one attached hydrogen (secondary N) is 2. The number of hydrogen-bond acceptors (Lipinski definition) is 7. The van der Waals surface area contributed by atoms with E-state index in [1.54, 1.807) is 13.1 Å². The van der Waals surface area contributed by atoms with Crippen molar-refractivity contribution in [1.29, 1.82) is 5.26 Å². The van der Waals surface area contributed by atoms with Crippen LogP contribution in [0.25, 0.3) is 11.3 Å². The van der Waals surface area contributed by atoms with E-state index in [4.69, 9.17) is 5.26 Å². The summed E-state index contributed by atoms with van der Waals surface area (Å²) in [5.41, 5.74) is 2.09. The van der Waals surface area contributed by atoms with E-state index >= 15 is 0 Å². The summed E-state index contributed by atoms with van der Waals surface area (Å²) in [6.45, 7) is 5.18. The number of anilines is 2. The molecule has 0 aliphatic rings. The quantitative estimate of drug-likeness (QED) is 0.608. The Labute approximate surface area is 171 Å². The Morgan fingerprint density at radius 2 is 2.10 bits per heavy atom. The number of hydrogen-bond donors (Lipinski definition) is 2. The van der Waals surface area contributed by atoms with Crippen LogP contribution >= 0.6 is 11.3 Å². The maximum Gasteiger partial charge on any atom is 0.248 e. The van der Waals surface area contributed by atoms with Crippen molar-refractivity contribution in [2.75, 3.05) is 10.6 Å². The average molecular weight is 404 g/mol. The Morgan fingerprint density at radius 3 is 2.83 bits per heavy atom. The summed E-state index contributed by atoms with van der Waals surface area (Å²) in [4.78, 5) is 36.9. The van der Waals surface area contributed by atoms with Gasteiger partial charge in [0.1, 0.15) is 10.9 Å². The third-order valence-electron chi connectivity index (χ3n) is 3.99. The summed E-state index contributed by atoms with van der Waals surface area (Å²) in [5, 5.41) is 14.5. The normalized spacial score (nSPS) is 11.2. The number of rotatable bonds is 6. The molecule has 0 spiro atoms. The van der Waals surface area contributed by atoms with Crippen molar-refractivity contribution in [3.63, 3.8) is 0 Å². The van der Waals surface area contributed by atoms with E-state index in [9.17, 15) is 9.59 Å². The van der Waals surface area contributed by atoms with Gasteiger partial charge in [-0.25, -0.2) is 9.97 Å². The fraction of sp³-hybridized carbons (Fsp3) is 0.100.